The molecule has 0 saturated carbocycles. The summed E-state index contributed by atoms with van der Waals surface area (Å²) < 4.78 is 0. The van der Waals surface area contributed by atoms with Gasteiger partial charge in [0.2, 0.25) is 0 Å². The molecule has 2 aliphatic heterocycles. The number of anilines is 1. The highest BCUT2D eigenvalue weighted by Crippen LogP contribution is 2.33. The topological polar surface area (TPSA) is 56.8 Å². The van der Waals surface area contributed by atoms with Crippen LogP contribution in [-0.4, -0.2) is 58.8 Å². The van der Waals surface area contributed by atoms with Crippen molar-refractivity contribution in [2.75, 3.05) is 31.1 Å². The first-order valence-electron chi connectivity index (χ1n) is 9.66. The van der Waals surface area contributed by atoms with Crippen molar-refractivity contribution in [2.24, 2.45) is 0 Å². The fraction of sp³-hybridized carbons (Fsp3) is 0.318. The van der Waals surface area contributed by atoms with Gasteiger partial charge in [-0.25, -0.2) is 4.98 Å². The Morgan fingerprint density at radius 3 is 2.07 bits per heavy atom. The molecular weight excluding hydrogens is 352 g/mol. The van der Waals surface area contributed by atoms with Gasteiger partial charge < -0.3 is 9.80 Å². The van der Waals surface area contributed by atoms with Crippen molar-refractivity contribution in [3.8, 4) is 0 Å². The summed E-state index contributed by atoms with van der Waals surface area (Å²) in [5.41, 5.74) is 1.85. The lowest BCUT2D eigenvalue weighted by atomic mass is 10.0. The van der Waals surface area contributed by atoms with Crippen molar-refractivity contribution in [1.82, 2.24) is 14.8 Å². The third-order valence-electron chi connectivity index (χ3n) is 5.24. The quantitative estimate of drug-likeness (QED) is 0.767. The molecule has 0 spiro atoms. The van der Waals surface area contributed by atoms with Crippen LogP contribution in [0.1, 0.15) is 19.4 Å². The molecule has 1 aromatic carbocycles. The van der Waals surface area contributed by atoms with Crippen molar-refractivity contribution in [2.45, 2.75) is 19.9 Å². The number of hydrogen-bond acceptors (Lipinski definition) is 5. The second-order valence-electron chi connectivity index (χ2n) is 7.33. The highest BCUT2D eigenvalue weighted by molar-refractivity contribution is 6.35. The zero-order valence-corrected chi connectivity index (χ0v) is 16.2. The lowest BCUT2D eigenvalue weighted by Crippen LogP contribution is -2.48. The van der Waals surface area contributed by atoms with E-state index in [0.29, 0.717) is 24.4 Å². The van der Waals surface area contributed by atoms with Crippen LogP contribution in [0.15, 0.2) is 60.4 Å². The first-order valence-corrected chi connectivity index (χ1v) is 9.66. The first kappa shape index (κ1) is 18.2. The van der Waals surface area contributed by atoms with Gasteiger partial charge in [0.25, 0.3) is 11.8 Å². The number of hydrogen-bond donors (Lipinski definition) is 0. The molecule has 0 atom stereocenters. The van der Waals surface area contributed by atoms with Gasteiger partial charge in [0.05, 0.1) is 5.57 Å². The summed E-state index contributed by atoms with van der Waals surface area (Å²) in [7, 11) is 0. The van der Waals surface area contributed by atoms with Crippen molar-refractivity contribution in [3.63, 3.8) is 0 Å². The summed E-state index contributed by atoms with van der Waals surface area (Å²) in [4.78, 5) is 36.3. The van der Waals surface area contributed by atoms with Crippen LogP contribution in [0, 0.1) is 0 Å². The minimum Gasteiger partial charge on any atom is -0.363 e. The Labute approximate surface area is 165 Å². The number of benzene rings is 1. The van der Waals surface area contributed by atoms with Crippen LogP contribution in [0.4, 0.5) is 5.82 Å². The summed E-state index contributed by atoms with van der Waals surface area (Å²) >= 11 is 0. The van der Waals surface area contributed by atoms with E-state index in [-0.39, 0.29) is 17.9 Å². The van der Waals surface area contributed by atoms with Crippen LogP contribution in [0.3, 0.4) is 0 Å². The molecule has 2 amide bonds. The van der Waals surface area contributed by atoms with Gasteiger partial charge in [-0.15, -0.1) is 0 Å². The number of carbonyl (C=O) groups excluding carboxylic acids is 2. The second kappa shape index (κ2) is 7.46. The van der Waals surface area contributed by atoms with E-state index in [0.717, 1.165) is 24.5 Å². The number of carbonyl (C=O) groups is 2. The molecule has 6 heteroatoms. The minimum absolute atomic E-state index is 0.175. The predicted octanol–water partition coefficient (Wildman–Crippen LogP) is 2.39. The molecule has 1 aromatic heterocycles. The van der Waals surface area contributed by atoms with Gasteiger partial charge >= 0.3 is 0 Å². The van der Waals surface area contributed by atoms with E-state index in [1.54, 1.807) is 6.20 Å². The Bertz CT molecular complexity index is 901. The molecule has 0 bridgehead atoms. The number of nitrogens with zero attached hydrogens (tertiary/aromatic N) is 4. The van der Waals surface area contributed by atoms with Gasteiger partial charge in [-0.2, -0.15) is 0 Å². The highest BCUT2D eigenvalue weighted by atomic mass is 16.2. The van der Waals surface area contributed by atoms with Crippen molar-refractivity contribution >= 4 is 23.2 Å². The number of piperazine rings is 1. The zero-order valence-electron chi connectivity index (χ0n) is 16.2. The van der Waals surface area contributed by atoms with Gasteiger partial charge in [0, 0.05) is 38.4 Å². The molecule has 0 radical (unpaired) electrons. The summed E-state index contributed by atoms with van der Waals surface area (Å²) in [6.45, 7) is 6.61. The summed E-state index contributed by atoms with van der Waals surface area (Å²) in [6.07, 6.45) is 1.79. The highest BCUT2D eigenvalue weighted by Gasteiger charge is 2.43. The summed E-state index contributed by atoms with van der Waals surface area (Å²) in [5, 5.41) is 0. The molecular formula is C22H24N4O2. The maximum absolute atomic E-state index is 13.2. The molecule has 3 heterocycles. The maximum atomic E-state index is 13.2. The number of rotatable bonds is 4. The molecule has 144 valence electrons. The molecule has 1 saturated heterocycles. The van der Waals surface area contributed by atoms with E-state index in [2.05, 4.69) is 14.8 Å². The van der Waals surface area contributed by atoms with Gasteiger partial charge in [-0.05, 0) is 31.5 Å². The van der Waals surface area contributed by atoms with E-state index in [1.807, 2.05) is 62.4 Å². The lowest BCUT2D eigenvalue weighted by Gasteiger charge is -2.37. The molecule has 1 fully saturated rings. The van der Waals surface area contributed by atoms with Gasteiger partial charge in [0.1, 0.15) is 11.5 Å². The minimum atomic E-state index is -0.201. The Morgan fingerprint density at radius 2 is 1.46 bits per heavy atom. The van der Waals surface area contributed by atoms with Crippen molar-refractivity contribution < 1.29 is 9.59 Å². The van der Waals surface area contributed by atoms with Crippen molar-refractivity contribution in [1.29, 1.82) is 0 Å². The second-order valence-corrected chi connectivity index (χ2v) is 7.33. The SMILES string of the molecule is CC(C)N1C(=O)C(c2ccccc2)=C(N2CCN(c3ccccn3)CC2)C1=O. The molecule has 4 rings (SSSR count). The maximum Gasteiger partial charge on any atom is 0.278 e. The molecule has 0 N–H and O–H groups in total. The average Bonchev–Trinajstić information content (AvgIpc) is 2.99. The smallest absolute Gasteiger partial charge is 0.278 e. The van der Waals surface area contributed by atoms with Crippen molar-refractivity contribution in [3.05, 3.63) is 66.0 Å². The monoisotopic (exact) mass is 376 g/mol. The number of aromatic nitrogens is 1. The van der Waals surface area contributed by atoms with E-state index >= 15 is 0 Å². The predicted molar refractivity (Wildman–Crippen MR) is 108 cm³/mol. The normalized spacial score (nSPS) is 17.9. The van der Waals surface area contributed by atoms with E-state index < -0.39 is 0 Å². The molecule has 0 unspecified atom stereocenters. The summed E-state index contributed by atoms with van der Waals surface area (Å²) in [5.74, 6) is 0.551. The number of pyridine rings is 1. The number of imide groups is 1. The Kier molecular flexibility index (Phi) is 4.86. The third kappa shape index (κ3) is 3.15. The standard InChI is InChI=1S/C22H24N4O2/c1-16(2)26-21(27)19(17-8-4-3-5-9-17)20(22(26)28)25-14-12-24(13-15-25)18-10-6-7-11-23-18/h3-11,16H,12-15H2,1-2H3. The summed E-state index contributed by atoms with van der Waals surface area (Å²) in [6, 6.07) is 15.2. The van der Waals surface area contributed by atoms with Gasteiger partial charge in [-0.3, -0.25) is 14.5 Å². The Hall–Kier alpha value is -3.15. The van der Waals surface area contributed by atoms with Gasteiger partial charge in [-0.1, -0.05) is 36.4 Å². The van der Waals surface area contributed by atoms with Crippen LogP contribution in [0.5, 0.6) is 0 Å². The van der Waals surface area contributed by atoms with E-state index in [4.69, 9.17) is 0 Å². The van der Waals surface area contributed by atoms with Crippen LogP contribution in [0.2, 0.25) is 0 Å². The Balaban J connectivity index is 1.65. The molecule has 0 aliphatic carbocycles. The van der Waals surface area contributed by atoms with Crippen LogP contribution >= 0.6 is 0 Å². The largest absolute Gasteiger partial charge is 0.363 e. The fourth-order valence-electron chi connectivity index (χ4n) is 3.86. The number of amides is 2. The average molecular weight is 376 g/mol. The Morgan fingerprint density at radius 1 is 0.821 bits per heavy atom. The van der Waals surface area contributed by atoms with Gasteiger partial charge in [0.15, 0.2) is 0 Å². The third-order valence-corrected chi connectivity index (χ3v) is 5.24. The molecule has 2 aliphatic rings. The lowest BCUT2D eigenvalue weighted by molar-refractivity contribution is -0.139. The molecule has 2 aromatic rings. The molecule has 28 heavy (non-hydrogen) atoms. The first-order chi connectivity index (χ1) is 13.6. The molecule has 6 nitrogen and oxygen atoms in total. The van der Waals surface area contributed by atoms with Crippen LogP contribution in [-0.2, 0) is 9.59 Å². The zero-order chi connectivity index (χ0) is 19.7. The van der Waals surface area contributed by atoms with Crippen LogP contribution in [0.25, 0.3) is 5.57 Å². The van der Waals surface area contributed by atoms with Crippen LogP contribution < -0.4 is 4.90 Å². The fourth-order valence-corrected chi connectivity index (χ4v) is 3.86. The van der Waals surface area contributed by atoms with E-state index in [9.17, 15) is 9.59 Å². The van der Waals surface area contributed by atoms with E-state index in [1.165, 1.54) is 4.90 Å².